The molecule has 4 heterocycles. The molecule has 0 amide bonds. The molecular formula is C18H26N6O. The first-order valence-electron chi connectivity index (χ1n) is 9.20. The van der Waals surface area contributed by atoms with Gasteiger partial charge in [0.25, 0.3) is 0 Å². The molecule has 2 aromatic heterocycles. The smallest absolute Gasteiger partial charge is 0.134 e. The lowest BCUT2D eigenvalue weighted by molar-refractivity contribution is 0.266. The van der Waals surface area contributed by atoms with E-state index in [1.807, 2.05) is 6.20 Å². The largest absolute Gasteiger partial charge is 0.394 e. The van der Waals surface area contributed by atoms with Crippen molar-refractivity contribution in [3.05, 3.63) is 30.4 Å². The normalized spacial score (nSPS) is 24.1. The van der Waals surface area contributed by atoms with Gasteiger partial charge in [-0.05, 0) is 38.2 Å². The second kappa shape index (κ2) is 7.00. The molecule has 0 bridgehead atoms. The van der Waals surface area contributed by atoms with Crippen LogP contribution in [-0.4, -0.2) is 57.1 Å². The Hall–Kier alpha value is -2.15. The predicted octanol–water partition coefficient (Wildman–Crippen LogP) is 1.78. The Bertz CT molecular complexity index is 717. The van der Waals surface area contributed by atoms with E-state index >= 15 is 0 Å². The summed E-state index contributed by atoms with van der Waals surface area (Å²) in [5.74, 6) is 1.90. The molecule has 7 nitrogen and oxygen atoms in total. The quantitative estimate of drug-likeness (QED) is 0.913. The average Bonchev–Trinajstić information content (AvgIpc) is 3.30. The van der Waals surface area contributed by atoms with Crippen molar-refractivity contribution in [3.63, 3.8) is 0 Å². The molecule has 2 saturated heterocycles. The summed E-state index contributed by atoms with van der Waals surface area (Å²) in [4.78, 5) is 13.5. The van der Waals surface area contributed by atoms with E-state index in [1.165, 1.54) is 5.56 Å². The van der Waals surface area contributed by atoms with Crippen LogP contribution in [0.4, 0.5) is 11.6 Å². The van der Waals surface area contributed by atoms with Gasteiger partial charge in [0.1, 0.15) is 18.0 Å². The number of aliphatic hydroxyl groups is 1. The zero-order valence-corrected chi connectivity index (χ0v) is 14.8. The molecule has 134 valence electrons. The Morgan fingerprint density at radius 3 is 2.80 bits per heavy atom. The minimum atomic E-state index is 0.184. The summed E-state index contributed by atoms with van der Waals surface area (Å²) in [5.41, 5.74) is 1.20. The number of hydrogen-bond donors (Lipinski definition) is 1. The first kappa shape index (κ1) is 16.3. The molecule has 0 spiro atoms. The first-order chi connectivity index (χ1) is 12.2. The molecule has 2 aliphatic heterocycles. The number of aromatic nitrogens is 4. The second-order valence-corrected chi connectivity index (χ2v) is 7.15. The van der Waals surface area contributed by atoms with Crippen LogP contribution in [0, 0.1) is 6.92 Å². The van der Waals surface area contributed by atoms with Crippen LogP contribution in [0.1, 0.15) is 37.3 Å². The van der Waals surface area contributed by atoms with Crippen LogP contribution in [0.5, 0.6) is 0 Å². The van der Waals surface area contributed by atoms with Crippen LogP contribution in [0.25, 0.3) is 0 Å². The third kappa shape index (κ3) is 3.33. The predicted molar refractivity (Wildman–Crippen MR) is 96.9 cm³/mol. The lowest BCUT2D eigenvalue weighted by atomic mass is 10.1. The van der Waals surface area contributed by atoms with Crippen molar-refractivity contribution in [1.29, 1.82) is 0 Å². The lowest BCUT2D eigenvalue weighted by Crippen LogP contribution is -2.38. The Morgan fingerprint density at radius 2 is 2.00 bits per heavy atom. The van der Waals surface area contributed by atoms with Gasteiger partial charge in [-0.15, -0.1) is 0 Å². The van der Waals surface area contributed by atoms with E-state index < -0.39 is 0 Å². The summed E-state index contributed by atoms with van der Waals surface area (Å²) in [6, 6.07) is 2.65. The Morgan fingerprint density at radius 1 is 1.16 bits per heavy atom. The molecule has 1 N–H and O–H groups in total. The van der Waals surface area contributed by atoms with Gasteiger partial charge in [0.05, 0.1) is 24.9 Å². The maximum Gasteiger partial charge on any atom is 0.134 e. The van der Waals surface area contributed by atoms with Crippen molar-refractivity contribution in [2.75, 3.05) is 36.0 Å². The van der Waals surface area contributed by atoms with Crippen molar-refractivity contribution < 1.29 is 5.11 Å². The van der Waals surface area contributed by atoms with Crippen molar-refractivity contribution >= 4 is 11.6 Å². The van der Waals surface area contributed by atoms with Gasteiger partial charge in [0, 0.05) is 31.9 Å². The number of anilines is 2. The summed E-state index contributed by atoms with van der Waals surface area (Å²) in [6.45, 7) is 5.15. The summed E-state index contributed by atoms with van der Waals surface area (Å²) >= 11 is 0. The van der Waals surface area contributed by atoms with Crippen LogP contribution >= 0.6 is 0 Å². The van der Waals surface area contributed by atoms with Crippen LogP contribution < -0.4 is 9.80 Å². The molecule has 0 radical (unpaired) electrons. The third-order valence-electron chi connectivity index (χ3n) is 5.35. The molecule has 0 aromatic carbocycles. The van der Waals surface area contributed by atoms with Crippen molar-refractivity contribution in [3.8, 4) is 0 Å². The van der Waals surface area contributed by atoms with Gasteiger partial charge in [0.15, 0.2) is 0 Å². The molecular weight excluding hydrogens is 316 g/mol. The van der Waals surface area contributed by atoms with Crippen LogP contribution in [0.2, 0.25) is 0 Å². The molecule has 25 heavy (non-hydrogen) atoms. The van der Waals surface area contributed by atoms with Crippen LogP contribution in [-0.2, 0) is 0 Å². The summed E-state index contributed by atoms with van der Waals surface area (Å²) in [6.07, 6.45) is 10.1. The Balaban J connectivity index is 1.52. The van der Waals surface area contributed by atoms with Gasteiger partial charge in [-0.1, -0.05) is 0 Å². The van der Waals surface area contributed by atoms with Crippen LogP contribution in [0.3, 0.4) is 0 Å². The number of aryl methyl sites for hydroxylation is 1. The van der Waals surface area contributed by atoms with E-state index in [2.05, 4.69) is 48.7 Å². The number of piperidine rings is 1. The maximum atomic E-state index is 9.57. The van der Waals surface area contributed by atoms with Crippen LogP contribution in [0.15, 0.2) is 24.8 Å². The minimum absolute atomic E-state index is 0.184. The summed E-state index contributed by atoms with van der Waals surface area (Å²) < 4.78 is 2.09. The van der Waals surface area contributed by atoms with Gasteiger partial charge in [-0.3, -0.25) is 4.68 Å². The zero-order chi connectivity index (χ0) is 17.2. The van der Waals surface area contributed by atoms with E-state index in [4.69, 9.17) is 0 Å². The molecule has 7 heteroatoms. The van der Waals surface area contributed by atoms with Gasteiger partial charge >= 0.3 is 0 Å². The topological polar surface area (TPSA) is 70.3 Å². The number of rotatable bonds is 4. The monoisotopic (exact) mass is 342 g/mol. The highest BCUT2D eigenvalue weighted by Gasteiger charge is 2.27. The fourth-order valence-corrected chi connectivity index (χ4v) is 4.01. The van der Waals surface area contributed by atoms with E-state index in [0.717, 1.165) is 57.0 Å². The maximum absolute atomic E-state index is 9.57. The standard InChI is InChI=1S/C18H26N6O/c1-14-9-21-24(10-14)15-4-2-6-22(11-15)17-8-18(20-13-19-17)23-7-3-5-16(23)12-25/h8-10,13,15-16,25H,2-7,11-12H2,1H3. The number of nitrogens with zero attached hydrogens (tertiary/aromatic N) is 6. The van der Waals surface area contributed by atoms with Gasteiger partial charge < -0.3 is 14.9 Å². The van der Waals surface area contributed by atoms with E-state index in [9.17, 15) is 5.11 Å². The van der Waals surface area contributed by atoms with Gasteiger partial charge in [-0.25, -0.2) is 9.97 Å². The highest BCUT2D eigenvalue weighted by atomic mass is 16.3. The highest BCUT2D eigenvalue weighted by Crippen LogP contribution is 2.29. The van der Waals surface area contributed by atoms with Crippen molar-refractivity contribution in [1.82, 2.24) is 19.7 Å². The molecule has 2 atom stereocenters. The molecule has 0 saturated carbocycles. The molecule has 0 aliphatic carbocycles. The van der Waals surface area contributed by atoms with Gasteiger partial charge in [-0.2, -0.15) is 5.10 Å². The molecule has 2 unspecified atom stereocenters. The van der Waals surface area contributed by atoms with E-state index in [0.29, 0.717) is 6.04 Å². The summed E-state index contributed by atoms with van der Waals surface area (Å²) in [5, 5.41) is 14.1. The molecule has 2 aliphatic rings. The number of hydrogen-bond acceptors (Lipinski definition) is 6. The first-order valence-corrected chi connectivity index (χ1v) is 9.20. The molecule has 2 fully saturated rings. The SMILES string of the molecule is Cc1cnn(C2CCCN(c3cc(N4CCCC4CO)ncn3)C2)c1. The zero-order valence-electron chi connectivity index (χ0n) is 14.8. The highest BCUT2D eigenvalue weighted by molar-refractivity contribution is 5.51. The van der Waals surface area contributed by atoms with Crippen molar-refractivity contribution in [2.45, 2.75) is 44.7 Å². The average molecular weight is 342 g/mol. The Kier molecular flexibility index (Phi) is 4.57. The summed E-state index contributed by atoms with van der Waals surface area (Å²) in [7, 11) is 0. The third-order valence-corrected chi connectivity index (χ3v) is 5.35. The molecule has 4 rings (SSSR count). The van der Waals surface area contributed by atoms with E-state index in [-0.39, 0.29) is 12.6 Å². The minimum Gasteiger partial charge on any atom is -0.394 e. The second-order valence-electron chi connectivity index (χ2n) is 7.15. The fraction of sp³-hybridized carbons (Fsp3) is 0.611. The molecule has 2 aromatic rings. The Labute approximate surface area is 148 Å². The number of aliphatic hydroxyl groups excluding tert-OH is 1. The van der Waals surface area contributed by atoms with Gasteiger partial charge in [0.2, 0.25) is 0 Å². The van der Waals surface area contributed by atoms with Crippen molar-refractivity contribution in [2.24, 2.45) is 0 Å². The lowest BCUT2D eigenvalue weighted by Gasteiger charge is -2.34. The fourth-order valence-electron chi connectivity index (χ4n) is 4.01. The van der Waals surface area contributed by atoms with E-state index in [1.54, 1.807) is 6.33 Å².